The summed E-state index contributed by atoms with van der Waals surface area (Å²) < 4.78 is 2.04. The number of rotatable bonds is 4. The average molecular weight is 383 g/mol. The largest absolute Gasteiger partial charge is 0.507 e. The van der Waals surface area contributed by atoms with E-state index in [1.54, 1.807) is 24.3 Å². The first-order valence-electron chi connectivity index (χ1n) is 9.48. The Hall–Kier alpha value is -3.78. The maximum atomic E-state index is 12.1. The van der Waals surface area contributed by atoms with Crippen molar-refractivity contribution in [2.45, 2.75) is 26.3 Å². The molecule has 5 nitrogen and oxygen atoms in total. The van der Waals surface area contributed by atoms with Crippen LogP contribution in [0.3, 0.4) is 0 Å². The first kappa shape index (κ1) is 18.6. The highest BCUT2D eigenvalue weighted by Gasteiger charge is 2.21. The van der Waals surface area contributed by atoms with Crippen LogP contribution in [0.4, 0.5) is 0 Å². The summed E-state index contributed by atoms with van der Waals surface area (Å²) in [6.07, 6.45) is 0. The second-order valence-electron chi connectivity index (χ2n) is 7.51. The lowest BCUT2D eigenvalue weighted by molar-refractivity contribution is 0.100. The van der Waals surface area contributed by atoms with E-state index in [1.807, 2.05) is 34.9 Å². The molecule has 0 aliphatic rings. The number of amides is 1. The summed E-state index contributed by atoms with van der Waals surface area (Å²) in [6, 6.07) is 18.8. The highest BCUT2D eigenvalue weighted by molar-refractivity contribution is 6.19. The molecule has 144 valence electrons. The van der Waals surface area contributed by atoms with Gasteiger partial charge in [0.1, 0.15) is 5.75 Å². The van der Waals surface area contributed by atoms with E-state index in [2.05, 4.69) is 19.9 Å². The van der Waals surface area contributed by atoms with Gasteiger partial charge in [-0.2, -0.15) is 5.26 Å². The van der Waals surface area contributed by atoms with Gasteiger partial charge in [0, 0.05) is 17.5 Å². The monoisotopic (exact) mass is 383 g/mol. The highest BCUT2D eigenvalue weighted by atomic mass is 16.3. The van der Waals surface area contributed by atoms with Crippen molar-refractivity contribution in [2.24, 2.45) is 5.73 Å². The number of hydrogen-bond acceptors (Lipinski definition) is 3. The lowest BCUT2D eigenvalue weighted by Crippen LogP contribution is -2.11. The van der Waals surface area contributed by atoms with Crippen LogP contribution in [0.1, 0.15) is 46.8 Å². The lowest BCUT2D eigenvalue weighted by atomic mass is 9.99. The van der Waals surface area contributed by atoms with Crippen LogP contribution in [0.25, 0.3) is 21.8 Å². The van der Waals surface area contributed by atoms with Crippen molar-refractivity contribution in [1.82, 2.24) is 4.57 Å². The number of carbonyl (C=O) groups is 1. The minimum Gasteiger partial charge on any atom is -0.507 e. The molecule has 0 radical (unpaired) electrons. The van der Waals surface area contributed by atoms with Crippen molar-refractivity contribution in [3.05, 3.63) is 76.9 Å². The molecule has 1 aromatic heterocycles. The standard InChI is InChI=1S/C24H21N3O2/c1-14(2)17-10-20-23(21(28)11-17)22-18(24(26)29)8-5-9-19(22)27(20)13-16-7-4-3-6-15(16)12-25/h3-11,14,28H,13H2,1-2H3,(H2,26,29). The van der Waals surface area contributed by atoms with Gasteiger partial charge in [-0.25, -0.2) is 0 Å². The molecule has 0 aliphatic heterocycles. The predicted octanol–water partition coefficient (Wildman–Crippen LogP) is 4.64. The molecule has 0 aliphatic carbocycles. The molecule has 0 unspecified atom stereocenters. The number of nitriles is 1. The molecule has 0 fully saturated rings. The number of nitrogens with two attached hydrogens (primary N) is 1. The molecule has 29 heavy (non-hydrogen) atoms. The number of aromatic hydroxyl groups is 1. The fraction of sp³-hybridized carbons (Fsp3) is 0.167. The van der Waals surface area contributed by atoms with E-state index < -0.39 is 5.91 Å². The Labute approximate surface area is 168 Å². The van der Waals surface area contributed by atoms with Crippen LogP contribution in [-0.2, 0) is 6.54 Å². The summed E-state index contributed by atoms with van der Waals surface area (Å²) in [5, 5.41) is 21.6. The number of primary amides is 1. The quantitative estimate of drug-likeness (QED) is 0.537. The summed E-state index contributed by atoms with van der Waals surface area (Å²) in [6.45, 7) is 4.56. The van der Waals surface area contributed by atoms with Gasteiger partial charge in [0.05, 0.1) is 28.1 Å². The smallest absolute Gasteiger partial charge is 0.249 e. The van der Waals surface area contributed by atoms with Crippen LogP contribution >= 0.6 is 0 Å². The molecule has 3 N–H and O–H groups in total. The van der Waals surface area contributed by atoms with Crippen LogP contribution in [0.2, 0.25) is 0 Å². The third-order valence-corrected chi connectivity index (χ3v) is 5.39. The van der Waals surface area contributed by atoms with Crippen LogP contribution in [-0.4, -0.2) is 15.6 Å². The number of aromatic nitrogens is 1. The SMILES string of the molecule is CC(C)c1cc(O)c2c3c(C(N)=O)cccc3n(Cc3ccccc3C#N)c2c1. The zero-order chi connectivity index (χ0) is 20.7. The molecular formula is C24H21N3O2. The van der Waals surface area contributed by atoms with E-state index in [1.165, 1.54) is 0 Å². The topological polar surface area (TPSA) is 92.0 Å². The third-order valence-electron chi connectivity index (χ3n) is 5.39. The molecule has 4 rings (SSSR count). The zero-order valence-corrected chi connectivity index (χ0v) is 16.3. The molecule has 0 saturated carbocycles. The first-order valence-corrected chi connectivity index (χ1v) is 9.48. The van der Waals surface area contributed by atoms with Crippen molar-refractivity contribution in [1.29, 1.82) is 5.26 Å². The van der Waals surface area contributed by atoms with E-state index in [9.17, 15) is 15.2 Å². The average Bonchev–Trinajstić information content (AvgIpc) is 3.02. The number of benzene rings is 3. The number of fused-ring (bicyclic) bond motifs is 3. The molecule has 4 aromatic rings. The maximum absolute atomic E-state index is 12.1. The number of phenolic OH excluding ortho intramolecular Hbond substituents is 1. The number of hydrogen-bond donors (Lipinski definition) is 2. The van der Waals surface area contributed by atoms with Crippen LogP contribution in [0, 0.1) is 11.3 Å². The Morgan fingerprint density at radius 1 is 1.10 bits per heavy atom. The summed E-state index contributed by atoms with van der Waals surface area (Å²) in [5.74, 6) is -0.199. The Morgan fingerprint density at radius 3 is 2.55 bits per heavy atom. The van der Waals surface area contributed by atoms with Gasteiger partial charge in [-0.15, -0.1) is 0 Å². The summed E-state index contributed by atoms with van der Waals surface area (Å²) in [7, 11) is 0. The highest BCUT2D eigenvalue weighted by Crippen LogP contribution is 2.39. The first-order chi connectivity index (χ1) is 13.9. The Kier molecular flexibility index (Phi) is 4.48. The minimum absolute atomic E-state index is 0.122. The lowest BCUT2D eigenvalue weighted by Gasteiger charge is -2.12. The molecule has 0 bridgehead atoms. The van der Waals surface area contributed by atoms with Gasteiger partial charge in [0.15, 0.2) is 0 Å². The molecule has 0 atom stereocenters. The molecule has 0 saturated heterocycles. The number of carbonyl (C=O) groups excluding carboxylic acids is 1. The second kappa shape index (κ2) is 6.99. The van der Waals surface area contributed by atoms with Gasteiger partial charge >= 0.3 is 0 Å². The zero-order valence-electron chi connectivity index (χ0n) is 16.3. The maximum Gasteiger partial charge on any atom is 0.249 e. The summed E-state index contributed by atoms with van der Waals surface area (Å²) in [5.41, 5.74) is 10.1. The van der Waals surface area contributed by atoms with Crippen molar-refractivity contribution in [2.75, 3.05) is 0 Å². The normalized spacial score (nSPS) is 11.2. The number of nitrogens with zero attached hydrogens (tertiary/aromatic N) is 2. The van der Waals surface area contributed by atoms with E-state index >= 15 is 0 Å². The minimum atomic E-state index is -0.542. The third kappa shape index (κ3) is 2.99. The van der Waals surface area contributed by atoms with Gasteiger partial charge in [0.25, 0.3) is 0 Å². The summed E-state index contributed by atoms with van der Waals surface area (Å²) >= 11 is 0. The van der Waals surface area contributed by atoms with E-state index in [0.717, 1.165) is 22.2 Å². The Morgan fingerprint density at radius 2 is 1.86 bits per heavy atom. The summed E-state index contributed by atoms with van der Waals surface area (Å²) in [4.78, 5) is 12.1. The molecular weight excluding hydrogens is 362 g/mol. The fourth-order valence-corrected chi connectivity index (χ4v) is 3.91. The molecule has 3 aromatic carbocycles. The van der Waals surface area contributed by atoms with Gasteiger partial charge in [-0.3, -0.25) is 4.79 Å². The van der Waals surface area contributed by atoms with Crippen molar-refractivity contribution in [3.8, 4) is 11.8 Å². The number of phenols is 1. The van der Waals surface area contributed by atoms with Crippen molar-refractivity contribution in [3.63, 3.8) is 0 Å². The van der Waals surface area contributed by atoms with Crippen LogP contribution < -0.4 is 5.73 Å². The molecule has 1 amide bonds. The van der Waals surface area contributed by atoms with Gasteiger partial charge in [0.2, 0.25) is 5.91 Å². The predicted molar refractivity (Wildman–Crippen MR) is 114 cm³/mol. The van der Waals surface area contributed by atoms with Crippen LogP contribution in [0.5, 0.6) is 5.75 Å². The van der Waals surface area contributed by atoms with Crippen LogP contribution in [0.15, 0.2) is 54.6 Å². The van der Waals surface area contributed by atoms with Crippen molar-refractivity contribution >= 4 is 27.7 Å². The second-order valence-corrected chi connectivity index (χ2v) is 7.51. The Balaban J connectivity index is 2.12. The van der Waals surface area contributed by atoms with Gasteiger partial charge in [-0.1, -0.05) is 38.1 Å². The van der Waals surface area contributed by atoms with Gasteiger partial charge in [-0.05, 0) is 47.4 Å². The Bertz CT molecular complexity index is 1310. The van der Waals surface area contributed by atoms with E-state index in [0.29, 0.717) is 28.4 Å². The fourth-order valence-electron chi connectivity index (χ4n) is 3.91. The van der Waals surface area contributed by atoms with E-state index in [4.69, 9.17) is 5.73 Å². The van der Waals surface area contributed by atoms with Crippen molar-refractivity contribution < 1.29 is 9.90 Å². The van der Waals surface area contributed by atoms with Gasteiger partial charge < -0.3 is 15.4 Å². The van der Waals surface area contributed by atoms with E-state index in [-0.39, 0.29) is 11.7 Å². The molecule has 1 heterocycles. The molecule has 5 heteroatoms. The molecule has 0 spiro atoms.